The standard InChI is InChI=1S/C19H20ClN3O3S3/c1-12-14(20)7-8-15-17(12)22(2)19(28-15)21-18(24)13-5-3-9-23(11-13)29(25,26)16-6-4-10-27-16/h4,6-8,10,13H,3,5,9,11H2,1-2H3. The molecular weight excluding hydrogens is 450 g/mol. The Balaban J connectivity index is 1.63. The van der Waals surface area contributed by atoms with Crippen LogP contribution < -0.4 is 4.80 Å². The first-order valence-electron chi connectivity index (χ1n) is 9.16. The molecule has 1 saturated heterocycles. The Morgan fingerprint density at radius 3 is 2.83 bits per heavy atom. The van der Waals surface area contributed by atoms with E-state index in [-0.39, 0.29) is 12.5 Å². The van der Waals surface area contributed by atoms with E-state index in [0.717, 1.165) is 15.8 Å². The predicted molar refractivity (Wildman–Crippen MR) is 117 cm³/mol. The molecule has 6 nitrogen and oxygen atoms in total. The number of halogens is 1. The second-order valence-corrected chi connectivity index (χ2v) is 11.6. The van der Waals surface area contributed by atoms with E-state index in [1.807, 2.05) is 30.7 Å². The van der Waals surface area contributed by atoms with Crippen LogP contribution in [0.4, 0.5) is 0 Å². The number of amides is 1. The van der Waals surface area contributed by atoms with Crippen LogP contribution in [0.1, 0.15) is 18.4 Å². The number of fused-ring (bicyclic) bond motifs is 1. The first-order chi connectivity index (χ1) is 13.8. The Bertz CT molecular complexity index is 1240. The molecule has 3 aromatic rings. The molecule has 0 radical (unpaired) electrons. The number of thiophene rings is 1. The van der Waals surface area contributed by atoms with Crippen LogP contribution in [-0.2, 0) is 21.9 Å². The molecule has 0 saturated carbocycles. The van der Waals surface area contributed by atoms with E-state index >= 15 is 0 Å². The van der Waals surface area contributed by atoms with Crippen molar-refractivity contribution in [1.82, 2.24) is 8.87 Å². The van der Waals surface area contributed by atoms with Crippen LogP contribution in [0, 0.1) is 12.8 Å². The second-order valence-electron chi connectivity index (χ2n) is 7.05. The summed E-state index contributed by atoms with van der Waals surface area (Å²) in [4.78, 5) is 17.8. The van der Waals surface area contributed by atoms with Gasteiger partial charge in [-0.25, -0.2) is 8.42 Å². The lowest BCUT2D eigenvalue weighted by atomic mass is 9.99. The van der Waals surface area contributed by atoms with Crippen molar-refractivity contribution in [2.45, 2.75) is 24.0 Å². The van der Waals surface area contributed by atoms with Crippen molar-refractivity contribution in [1.29, 1.82) is 0 Å². The van der Waals surface area contributed by atoms with E-state index < -0.39 is 15.9 Å². The fourth-order valence-corrected chi connectivity index (χ4v) is 7.50. The van der Waals surface area contributed by atoms with Crippen LogP contribution in [0.15, 0.2) is 38.8 Å². The number of aromatic nitrogens is 1. The van der Waals surface area contributed by atoms with E-state index in [4.69, 9.17) is 11.6 Å². The molecule has 29 heavy (non-hydrogen) atoms. The Morgan fingerprint density at radius 1 is 1.31 bits per heavy atom. The van der Waals surface area contributed by atoms with Gasteiger partial charge in [0.25, 0.3) is 15.9 Å². The van der Waals surface area contributed by atoms with E-state index in [1.165, 1.54) is 27.0 Å². The number of carbonyl (C=O) groups excluding carboxylic acids is 1. The highest BCUT2D eigenvalue weighted by molar-refractivity contribution is 7.91. The van der Waals surface area contributed by atoms with Crippen molar-refractivity contribution in [2.24, 2.45) is 18.0 Å². The zero-order valence-corrected chi connectivity index (χ0v) is 19.2. The number of nitrogens with zero attached hydrogens (tertiary/aromatic N) is 3. The van der Waals surface area contributed by atoms with Crippen molar-refractivity contribution in [3.8, 4) is 0 Å². The van der Waals surface area contributed by atoms with Gasteiger partial charge in [-0.05, 0) is 48.9 Å². The molecule has 0 spiro atoms. The fraction of sp³-hybridized carbons (Fsp3) is 0.368. The van der Waals surface area contributed by atoms with Crippen molar-refractivity contribution in [3.05, 3.63) is 45.0 Å². The number of hydrogen-bond acceptors (Lipinski definition) is 5. The molecule has 154 valence electrons. The SMILES string of the molecule is Cc1c(Cl)ccc2sc(=NC(=O)C3CCCN(S(=O)(=O)c4cccs4)C3)n(C)c12. The van der Waals surface area contributed by atoms with Gasteiger partial charge in [-0.1, -0.05) is 29.0 Å². The normalized spacial score (nSPS) is 19.1. The Labute approximate surface area is 182 Å². The van der Waals surface area contributed by atoms with Gasteiger partial charge in [0.1, 0.15) is 4.21 Å². The molecule has 0 N–H and O–H groups in total. The Morgan fingerprint density at radius 2 is 2.10 bits per heavy atom. The summed E-state index contributed by atoms with van der Waals surface area (Å²) in [6, 6.07) is 7.08. The third kappa shape index (κ3) is 3.82. The minimum atomic E-state index is -3.56. The first kappa shape index (κ1) is 20.7. The highest BCUT2D eigenvalue weighted by Gasteiger charge is 2.33. The number of benzene rings is 1. The predicted octanol–water partition coefficient (Wildman–Crippen LogP) is 3.79. The summed E-state index contributed by atoms with van der Waals surface area (Å²) in [5.74, 6) is -0.713. The van der Waals surface area contributed by atoms with Gasteiger partial charge in [0.05, 0.1) is 16.1 Å². The van der Waals surface area contributed by atoms with Crippen molar-refractivity contribution in [2.75, 3.05) is 13.1 Å². The lowest BCUT2D eigenvalue weighted by Gasteiger charge is -2.29. The van der Waals surface area contributed by atoms with E-state index in [0.29, 0.717) is 33.4 Å². The lowest BCUT2D eigenvalue weighted by molar-refractivity contribution is -0.122. The maximum absolute atomic E-state index is 12.9. The number of sulfonamides is 1. The lowest BCUT2D eigenvalue weighted by Crippen LogP contribution is -2.42. The Kier molecular flexibility index (Phi) is 5.69. The highest BCUT2D eigenvalue weighted by atomic mass is 35.5. The number of thiazole rings is 1. The van der Waals surface area contributed by atoms with Gasteiger partial charge >= 0.3 is 0 Å². The second kappa shape index (κ2) is 7.96. The summed E-state index contributed by atoms with van der Waals surface area (Å²) in [6.45, 7) is 2.54. The third-order valence-electron chi connectivity index (χ3n) is 5.18. The van der Waals surface area contributed by atoms with E-state index in [1.54, 1.807) is 17.5 Å². The van der Waals surface area contributed by atoms with Gasteiger partial charge in [0.2, 0.25) is 0 Å². The van der Waals surface area contributed by atoms with Crippen LogP contribution in [-0.4, -0.2) is 36.3 Å². The van der Waals surface area contributed by atoms with Gasteiger partial charge in [-0.3, -0.25) is 4.79 Å². The topological polar surface area (TPSA) is 71.7 Å². The first-order valence-corrected chi connectivity index (χ1v) is 12.7. The Hall–Kier alpha value is -1.52. The van der Waals surface area contributed by atoms with Crippen molar-refractivity contribution in [3.63, 3.8) is 0 Å². The summed E-state index contributed by atoms with van der Waals surface area (Å²) in [5.41, 5.74) is 1.90. The van der Waals surface area contributed by atoms with Gasteiger partial charge in [-0.2, -0.15) is 9.30 Å². The molecule has 1 amide bonds. The van der Waals surface area contributed by atoms with Gasteiger partial charge in [0, 0.05) is 25.2 Å². The minimum absolute atomic E-state index is 0.169. The average Bonchev–Trinajstić information content (AvgIpc) is 3.35. The summed E-state index contributed by atoms with van der Waals surface area (Å²) in [6.07, 6.45) is 1.28. The number of carbonyl (C=O) groups is 1. The summed E-state index contributed by atoms with van der Waals surface area (Å²) >= 11 is 8.85. The summed E-state index contributed by atoms with van der Waals surface area (Å²) in [5, 5.41) is 2.41. The number of piperidine rings is 1. The van der Waals surface area contributed by atoms with Gasteiger partial charge < -0.3 is 4.57 Å². The maximum atomic E-state index is 12.9. The monoisotopic (exact) mass is 469 g/mol. The highest BCUT2D eigenvalue weighted by Crippen LogP contribution is 2.28. The minimum Gasteiger partial charge on any atom is -0.319 e. The smallest absolute Gasteiger partial charge is 0.252 e. The molecular formula is C19H20ClN3O3S3. The molecule has 0 aliphatic carbocycles. The molecule has 10 heteroatoms. The number of aryl methyl sites for hydroxylation is 2. The van der Waals surface area contributed by atoms with Gasteiger partial charge in [0.15, 0.2) is 4.80 Å². The van der Waals surface area contributed by atoms with Crippen LogP contribution in [0.2, 0.25) is 5.02 Å². The molecule has 1 aliphatic rings. The van der Waals surface area contributed by atoms with Gasteiger partial charge in [-0.15, -0.1) is 11.3 Å². The summed E-state index contributed by atoms with van der Waals surface area (Å²) < 4.78 is 30.2. The average molecular weight is 470 g/mol. The molecule has 0 bridgehead atoms. The summed E-state index contributed by atoms with van der Waals surface area (Å²) in [7, 11) is -1.69. The molecule has 1 atom stereocenters. The zero-order chi connectivity index (χ0) is 20.8. The zero-order valence-electron chi connectivity index (χ0n) is 16.0. The maximum Gasteiger partial charge on any atom is 0.252 e. The molecule has 3 heterocycles. The van der Waals surface area contributed by atoms with Crippen LogP contribution in [0.5, 0.6) is 0 Å². The molecule has 1 aliphatic heterocycles. The molecule has 1 unspecified atom stereocenters. The van der Waals surface area contributed by atoms with Crippen molar-refractivity contribution < 1.29 is 13.2 Å². The quantitative estimate of drug-likeness (QED) is 0.585. The molecule has 1 fully saturated rings. The van der Waals surface area contributed by atoms with E-state index in [2.05, 4.69) is 4.99 Å². The third-order valence-corrected chi connectivity index (χ3v) is 9.92. The van der Waals surface area contributed by atoms with Crippen LogP contribution in [0.25, 0.3) is 10.2 Å². The number of rotatable bonds is 3. The van der Waals surface area contributed by atoms with E-state index in [9.17, 15) is 13.2 Å². The molecule has 2 aromatic heterocycles. The molecule has 1 aromatic carbocycles. The molecule has 4 rings (SSSR count). The van der Waals surface area contributed by atoms with Crippen LogP contribution >= 0.6 is 34.3 Å². The number of hydrogen-bond donors (Lipinski definition) is 0. The van der Waals surface area contributed by atoms with Crippen molar-refractivity contribution >= 4 is 60.4 Å². The van der Waals surface area contributed by atoms with Crippen LogP contribution in [0.3, 0.4) is 0 Å². The fourth-order valence-electron chi connectivity index (χ4n) is 3.60. The largest absolute Gasteiger partial charge is 0.319 e.